The minimum absolute atomic E-state index is 0.118. The molecule has 2 amide bonds. The zero-order valence-electron chi connectivity index (χ0n) is 8.89. The summed E-state index contributed by atoms with van der Waals surface area (Å²) in [5.41, 5.74) is 0.118. The summed E-state index contributed by atoms with van der Waals surface area (Å²) >= 11 is 0. The van der Waals surface area contributed by atoms with Crippen molar-refractivity contribution in [2.75, 3.05) is 14.2 Å². The zero-order chi connectivity index (χ0) is 12.3. The number of hydrogen-bond donors (Lipinski definition) is 2. The van der Waals surface area contributed by atoms with Crippen molar-refractivity contribution in [2.45, 2.75) is 12.5 Å². The number of carboxylic acid groups (broad SMARTS) is 1. The molecule has 0 spiro atoms. The van der Waals surface area contributed by atoms with E-state index in [0.29, 0.717) is 0 Å². The van der Waals surface area contributed by atoms with Crippen molar-refractivity contribution in [1.82, 2.24) is 10.2 Å². The van der Waals surface area contributed by atoms with E-state index in [-0.39, 0.29) is 12.0 Å². The Morgan fingerprint density at radius 3 is 2.75 bits per heavy atom. The van der Waals surface area contributed by atoms with E-state index in [1.54, 1.807) is 0 Å². The molecule has 1 atom stereocenters. The van der Waals surface area contributed by atoms with Gasteiger partial charge in [-0.15, -0.1) is 0 Å². The zero-order valence-corrected chi connectivity index (χ0v) is 8.89. The number of nitrogens with zero attached hydrogens (tertiary/aromatic N) is 1. The maximum atomic E-state index is 11.3. The van der Waals surface area contributed by atoms with Gasteiger partial charge < -0.3 is 20.1 Å². The monoisotopic (exact) mass is 228 g/mol. The van der Waals surface area contributed by atoms with Crippen molar-refractivity contribution >= 4 is 18.0 Å². The van der Waals surface area contributed by atoms with Crippen molar-refractivity contribution in [3.8, 4) is 0 Å². The Morgan fingerprint density at radius 2 is 2.25 bits per heavy atom. The van der Waals surface area contributed by atoms with Gasteiger partial charge in [-0.25, -0.2) is 9.59 Å². The standard InChI is InChI=1S/C9H12N2O5/c1-11-4-5(8(14)16-2)6(3-7(12)13)10-9(11)15/h4,6H,3H2,1-2H3,(H,10,15)(H,12,13). The Kier molecular flexibility index (Phi) is 3.49. The predicted octanol–water partition coefficient (Wildman–Crippen LogP) is -0.458. The smallest absolute Gasteiger partial charge is 0.337 e. The lowest BCUT2D eigenvalue weighted by atomic mass is 10.0. The molecule has 7 heteroatoms. The summed E-state index contributed by atoms with van der Waals surface area (Å²) in [5.74, 6) is -1.76. The van der Waals surface area contributed by atoms with Crippen molar-refractivity contribution in [3.05, 3.63) is 11.8 Å². The summed E-state index contributed by atoms with van der Waals surface area (Å²) in [7, 11) is 2.65. The van der Waals surface area contributed by atoms with Crippen molar-refractivity contribution in [2.24, 2.45) is 0 Å². The molecule has 1 rings (SSSR count). The van der Waals surface area contributed by atoms with Gasteiger partial charge in [0, 0.05) is 13.2 Å². The number of carbonyl (C=O) groups is 3. The van der Waals surface area contributed by atoms with E-state index < -0.39 is 24.0 Å². The average Bonchev–Trinajstić information content (AvgIpc) is 2.21. The minimum Gasteiger partial charge on any atom is -0.481 e. The van der Waals surface area contributed by atoms with Crippen molar-refractivity contribution < 1.29 is 24.2 Å². The lowest BCUT2D eigenvalue weighted by molar-refractivity contribution is -0.138. The van der Waals surface area contributed by atoms with Gasteiger partial charge in [-0.2, -0.15) is 0 Å². The first-order chi connectivity index (χ1) is 7.45. The van der Waals surface area contributed by atoms with Crippen molar-refractivity contribution in [3.63, 3.8) is 0 Å². The SMILES string of the molecule is COC(=O)C1=CN(C)C(=O)NC1CC(=O)O. The van der Waals surface area contributed by atoms with E-state index in [9.17, 15) is 14.4 Å². The van der Waals surface area contributed by atoms with Crippen LogP contribution in [-0.4, -0.2) is 48.2 Å². The summed E-state index contributed by atoms with van der Waals surface area (Å²) in [4.78, 5) is 34.3. The molecule has 1 heterocycles. The summed E-state index contributed by atoms with van der Waals surface area (Å²) < 4.78 is 4.51. The third-order valence-corrected chi connectivity index (χ3v) is 2.13. The molecule has 88 valence electrons. The van der Waals surface area contributed by atoms with Crippen LogP contribution in [0.25, 0.3) is 0 Å². The fourth-order valence-corrected chi connectivity index (χ4v) is 1.33. The first kappa shape index (κ1) is 12.0. The molecule has 0 aliphatic carbocycles. The molecule has 1 unspecified atom stereocenters. The molecule has 0 fully saturated rings. The second-order valence-electron chi connectivity index (χ2n) is 3.29. The molecule has 16 heavy (non-hydrogen) atoms. The third kappa shape index (κ3) is 2.50. The molecule has 0 aromatic heterocycles. The second-order valence-corrected chi connectivity index (χ2v) is 3.29. The fraction of sp³-hybridized carbons (Fsp3) is 0.444. The Balaban J connectivity index is 2.96. The van der Waals surface area contributed by atoms with Crippen LogP contribution in [0.1, 0.15) is 6.42 Å². The molecule has 0 bridgehead atoms. The molecule has 1 aliphatic heterocycles. The van der Waals surface area contributed by atoms with E-state index in [4.69, 9.17) is 5.11 Å². The van der Waals surface area contributed by atoms with Gasteiger partial charge in [0.2, 0.25) is 0 Å². The molecule has 1 aliphatic rings. The number of rotatable bonds is 3. The maximum Gasteiger partial charge on any atom is 0.337 e. The molecule has 0 saturated carbocycles. The highest BCUT2D eigenvalue weighted by Crippen LogP contribution is 2.14. The molecule has 7 nitrogen and oxygen atoms in total. The summed E-state index contributed by atoms with van der Waals surface area (Å²) in [5, 5.41) is 11.0. The minimum atomic E-state index is -1.11. The molecule has 2 N–H and O–H groups in total. The third-order valence-electron chi connectivity index (χ3n) is 2.13. The topological polar surface area (TPSA) is 95.9 Å². The van der Waals surface area contributed by atoms with Gasteiger partial charge in [-0.05, 0) is 0 Å². The Bertz CT molecular complexity index is 363. The van der Waals surface area contributed by atoms with E-state index >= 15 is 0 Å². The molecular formula is C9H12N2O5. The largest absolute Gasteiger partial charge is 0.481 e. The second kappa shape index (κ2) is 4.65. The van der Waals surface area contributed by atoms with Gasteiger partial charge in [-0.1, -0.05) is 0 Å². The molecule has 0 saturated heterocycles. The summed E-state index contributed by atoms with van der Waals surface area (Å²) in [6.45, 7) is 0. The number of urea groups is 1. The number of methoxy groups -OCH3 is 1. The highest BCUT2D eigenvalue weighted by Gasteiger charge is 2.31. The van der Waals surface area contributed by atoms with Crippen LogP contribution in [0.5, 0.6) is 0 Å². The Morgan fingerprint density at radius 1 is 1.62 bits per heavy atom. The average molecular weight is 228 g/mol. The van der Waals surface area contributed by atoms with Gasteiger partial charge in [0.25, 0.3) is 0 Å². The number of ether oxygens (including phenoxy) is 1. The van der Waals surface area contributed by atoms with E-state index in [1.165, 1.54) is 20.4 Å². The van der Waals surface area contributed by atoms with Crippen LogP contribution in [-0.2, 0) is 14.3 Å². The van der Waals surface area contributed by atoms with Gasteiger partial charge in [-0.3, -0.25) is 4.79 Å². The van der Waals surface area contributed by atoms with E-state index in [2.05, 4.69) is 10.1 Å². The number of nitrogens with one attached hydrogen (secondary N) is 1. The number of esters is 1. The van der Waals surface area contributed by atoms with Crippen LogP contribution in [0, 0.1) is 0 Å². The van der Waals surface area contributed by atoms with Gasteiger partial charge in [0.05, 0.1) is 25.1 Å². The maximum absolute atomic E-state index is 11.3. The Labute approximate surface area is 91.7 Å². The Hall–Kier alpha value is -2.05. The number of carbonyl (C=O) groups excluding carboxylic acids is 2. The van der Waals surface area contributed by atoms with Crippen LogP contribution in [0.3, 0.4) is 0 Å². The fourth-order valence-electron chi connectivity index (χ4n) is 1.33. The highest BCUT2D eigenvalue weighted by molar-refractivity contribution is 5.94. The van der Waals surface area contributed by atoms with Gasteiger partial charge in [0.15, 0.2) is 0 Å². The van der Waals surface area contributed by atoms with Crippen LogP contribution >= 0.6 is 0 Å². The first-order valence-corrected chi connectivity index (χ1v) is 4.51. The van der Waals surface area contributed by atoms with Gasteiger partial charge >= 0.3 is 18.0 Å². The van der Waals surface area contributed by atoms with Crippen LogP contribution in [0.15, 0.2) is 11.8 Å². The van der Waals surface area contributed by atoms with E-state index in [1.807, 2.05) is 0 Å². The quantitative estimate of drug-likeness (QED) is 0.637. The molecule has 0 aromatic rings. The summed E-state index contributed by atoms with van der Waals surface area (Å²) in [6, 6.07) is -1.31. The van der Waals surface area contributed by atoms with Crippen LogP contribution in [0.2, 0.25) is 0 Å². The summed E-state index contributed by atoms with van der Waals surface area (Å²) in [6.07, 6.45) is 0.915. The number of amides is 2. The van der Waals surface area contributed by atoms with Gasteiger partial charge in [0.1, 0.15) is 0 Å². The number of carboxylic acids is 1. The first-order valence-electron chi connectivity index (χ1n) is 4.51. The normalized spacial score (nSPS) is 19.9. The highest BCUT2D eigenvalue weighted by atomic mass is 16.5. The van der Waals surface area contributed by atoms with Crippen molar-refractivity contribution in [1.29, 1.82) is 0 Å². The van der Waals surface area contributed by atoms with Crippen LogP contribution < -0.4 is 5.32 Å². The predicted molar refractivity (Wildman–Crippen MR) is 52.4 cm³/mol. The van der Waals surface area contributed by atoms with Crippen LogP contribution in [0.4, 0.5) is 4.79 Å². The molecule has 0 aromatic carbocycles. The molecular weight excluding hydrogens is 216 g/mol. The number of hydrogen-bond acceptors (Lipinski definition) is 4. The lowest BCUT2D eigenvalue weighted by Crippen LogP contribution is -2.49. The molecule has 0 radical (unpaired) electrons. The lowest BCUT2D eigenvalue weighted by Gasteiger charge is -2.27. The number of aliphatic carboxylic acids is 1. The van der Waals surface area contributed by atoms with E-state index in [0.717, 1.165) is 4.90 Å².